The number of fused-ring (bicyclic) bond motifs is 1. The molecule has 0 aliphatic carbocycles. The van der Waals surface area contributed by atoms with Crippen LogP contribution in [0.3, 0.4) is 0 Å². The third-order valence-corrected chi connectivity index (χ3v) is 2.47. The molecular weight excluding hydrogens is 246 g/mol. The normalized spacial score (nSPS) is 10.7. The molecule has 0 spiro atoms. The van der Waals surface area contributed by atoms with E-state index in [0.29, 0.717) is 22.5 Å². The van der Waals surface area contributed by atoms with Crippen molar-refractivity contribution < 1.29 is 4.79 Å². The van der Waals surface area contributed by atoms with Crippen molar-refractivity contribution in [1.29, 1.82) is 0 Å². The minimum absolute atomic E-state index is 0.0167. The third-order valence-electron chi connectivity index (χ3n) is 1.96. The number of nitrogens with zero attached hydrogens (tertiary/aromatic N) is 3. The monoisotopic (exact) mass is 253 g/mol. The summed E-state index contributed by atoms with van der Waals surface area (Å²) in [7, 11) is 0. The molecule has 0 radical (unpaired) electrons. The van der Waals surface area contributed by atoms with Crippen LogP contribution in [-0.2, 0) is 0 Å². The average molecular weight is 254 g/mol. The quantitative estimate of drug-likeness (QED) is 0.604. The number of carbonyl (C=O) groups excluding carboxylic acids is 1. The molecule has 0 saturated heterocycles. The number of aryl methyl sites for hydroxylation is 1. The Morgan fingerprint density at radius 1 is 1.64 bits per heavy atom. The molecule has 72 valence electrons. The van der Waals surface area contributed by atoms with Crippen molar-refractivity contribution in [3.8, 4) is 0 Å². The second-order valence-electron chi connectivity index (χ2n) is 2.89. The first-order valence-electron chi connectivity index (χ1n) is 4.13. The van der Waals surface area contributed by atoms with Gasteiger partial charge in [-0.2, -0.15) is 0 Å². The second kappa shape index (κ2) is 3.49. The van der Waals surface area contributed by atoms with E-state index in [0.717, 1.165) is 0 Å². The summed E-state index contributed by atoms with van der Waals surface area (Å²) < 4.78 is 1.71. The van der Waals surface area contributed by atoms with E-state index >= 15 is 0 Å². The van der Waals surface area contributed by atoms with Gasteiger partial charge in [0.1, 0.15) is 5.69 Å². The van der Waals surface area contributed by atoms with Gasteiger partial charge in [-0.3, -0.25) is 9.20 Å². The van der Waals surface area contributed by atoms with E-state index in [2.05, 4.69) is 25.9 Å². The van der Waals surface area contributed by atoms with Gasteiger partial charge in [-0.15, -0.1) is 0 Å². The van der Waals surface area contributed by atoms with E-state index in [1.54, 1.807) is 22.9 Å². The number of imidazole rings is 1. The molecule has 2 heterocycles. The molecule has 0 unspecified atom stereocenters. The first-order chi connectivity index (χ1) is 6.74. The number of Topliss-reactive ketones (excluding diaryl/α,β-unsaturated/α-hetero) is 1. The van der Waals surface area contributed by atoms with Crippen molar-refractivity contribution in [3.63, 3.8) is 0 Å². The minimum atomic E-state index is 0.0167. The summed E-state index contributed by atoms with van der Waals surface area (Å²) in [6.45, 7) is 1.81. The Balaban J connectivity index is 2.74. The van der Waals surface area contributed by atoms with Gasteiger partial charge in [-0.05, 0) is 13.0 Å². The standard InChI is InChI=1S/C9H8BrN3O/c1-6-8(7(14)5-10)13-4-2-3-11-9(13)12-6/h2-4H,5H2,1H3. The van der Waals surface area contributed by atoms with Gasteiger partial charge in [0.15, 0.2) is 5.78 Å². The molecule has 0 N–H and O–H groups in total. The van der Waals surface area contributed by atoms with Crippen molar-refractivity contribution in [1.82, 2.24) is 14.4 Å². The van der Waals surface area contributed by atoms with Crippen LogP contribution in [0.15, 0.2) is 18.5 Å². The van der Waals surface area contributed by atoms with Gasteiger partial charge in [0.05, 0.1) is 11.0 Å². The Kier molecular flexibility index (Phi) is 2.33. The molecule has 0 saturated carbocycles. The van der Waals surface area contributed by atoms with E-state index in [-0.39, 0.29) is 5.78 Å². The maximum Gasteiger partial charge on any atom is 0.234 e. The van der Waals surface area contributed by atoms with E-state index < -0.39 is 0 Å². The lowest BCUT2D eigenvalue weighted by molar-refractivity contribution is 0.101. The summed E-state index contributed by atoms with van der Waals surface area (Å²) in [5.74, 6) is 0.581. The molecule has 14 heavy (non-hydrogen) atoms. The second-order valence-corrected chi connectivity index (χ2v) is 3.45. The summed E-state index contributed by atoms with van der Waals surface area (Å²) in [6, 6.07) is 1.78. The average Bonchev–Trinajstić information content (AvgIpc) is 2.53. The third kappa shape index (κ3) is 1.33. The van der Waals surface area contributed by atoms with Gasteiger partial charge < -0.3 is 0 Å². The van der Waals surface area contributed by atoms with E-state index in [4.69, 9.17) is 0 Å². The first kappa shape index (κ1) is 9.33. The van der Waals surface area contributed by atoms with Crippen LogP contribution in [0.1, 0.15) is 16.2 Å². The molecule has 2 aromatic heterocycles. The first-order valence-corrected chi connectivity index (χ1v) is 5.25. The Morgan fingerprint density at radius 2 is 2.43 bits per heavy atom. The van der Waals surface area contributed by atoms with Crippen molar-refractivity contribution in [2.75, 3.05) is 5.33 Å². The summed E-state index contributed by atoms with van der Waals surface area (Å²) in [4.78, 5) is 19.8. The highest BCUT2D eigenvalue weighted by Gasteiger charge is 2.15. The number of ketones is 1. The van der Waals surface area contributed by atoms with Crippen molar-refractivity contribution >= 4 is 27.5 Å². The zero-order valence-electron chi connectivity index (χ0n) is 7.57. The lowest BCUT2D eigenvalue weighted by atomic mass is 10.2. The minimum Gasteiger partial charge on any atom is -0.291 e. The SMILES string of the molecule is Cc1nc2ncccn2c1C(=O)CBr. The summed E-state index contributed by atoms with van der Waals surface area (Å²) >= 11 is 3.15. The van der Waals surface area contributed by atoms with Crippen LogP contribution in [0.25, 0.3) is 5.78 Å². The van der Waals surface area contributed by atoms with Gasteiger partial charge in [-0.25, -0.2) is 9.97 Å². The molecule has 5 heteroatoms. The molecule has 2 aromatic rings. The molecule has 0 amide bonds. The van der Waals surface area contributed by atoms with Crippen LogP contribution >= 0.6 is 15.9 Å². The molecule has 0 fully saturated rings. The molecule has 0 aromatic carbocycles. The van der Waals surface area contributed by atoms with Gasteiger partial charge in [-0.1, -0.05) is 15.9 Å². The molecule has 0 bridgehead atoms. The highest BCUT2D eigenvalue weighted by molar-refractivity contribution is 9.09. The number of alkyl halides is 1. The lowest BCUT2D eigenvalue weighted by Crippen LogP contribution is -2.06. The van der Waals surface area contributed by atoms with Crippen LogP contribution in [0.4, 0.5) is 0 Å². The largest absolute Gasteiger partial charge is 0.291 e. The molecule has 2 rings (SSSR count). The highest BCUT2D eigenvalue weighted by atomic mass is 79.9. The summed E-state index contributed by atoms with van der Waals surface area (Å²) in [5.41, 5.74) is 1.32. The number of hydrogen-bond donors (Lipinski definition) is 0. The van der Waals surface area contributed by atoms with Gasteiger partial charge in [0, 0.05) is 12.4 Å². The van der Waals surface area contributed by atoms with Crippen LogP contribution < -0.4 is 0 Å². The molecule has 4 nitrogen and oxygen atoms in total. The molecule has 0 atom stereocenters. The molecular formula is C9H8BrN3O. The topological polar surface area (TPSA) is 47.3 Å². The predicted octanol–water partition coefficient (Wildman–Crippen LogP) is 1.62. The number of carbonyl (C=O) groups is 1. The summed E-state index contributed by atoms with van der Waals surface area (Å²) in [6.07, 6.45) is 3.45. The van der Waals surface area contributed by atoms with Gasteiger partial charge >= 0.3 is 0 Å². The van der Waals surface area contributed by atoms with Crippen LogP contribution in [-0.4, -0.2) is 25.5 Å². The van der Waals surface area contributed by atoms with Crippen molar-refractivity contribution in [2.45, 2.75) is 6.92 Å². The predicted molar refractivity (Wildman–Crippen MR) is 55.8 cm³/mol. The number of rotatable bonds is 2. The Labute approximate surface area is 89.1 Å². The zero-order chi connectivity index (χ0) is 10.1. The number of halogens is 1. The van der Waals surface area contributed by atoms with Crippen molar-refractivity contribution in [2.24, 2.45) is 0 Å². The van der Waals surface area contributed by atoms with Crippen LogP contribution in [0, 0.1) is 6.92 Å². The van der Waals surface area contributed by atoms with Gasteiger partial charge in [0.25, 0.3) is 0 Å². The molecule has 0 aliphatic heterocycles. The molecule has 0 aliphatic rings. The summed E-state index contributed by atoms with van der Waals surface area (Å²) in [5, 5.41) is 0.302. The van der Waals surface area contributed by atoms with Gasteiger partial charge in [0.2, 0.25) is 5.78 Å². The van der Waals surface area contributed by atoms with E-state index in [9.17, 15) is 4.79 Å². The fourth-order valence-corrected chi connectivity index (χ4v) is 1.66. The van der Waals surface area contributed by atoms with Crippen LogP contribution in [0.2, 0.25) is 0 Å². The zero-order valence-corrected chi connectivity index (χ0v) is 9.15. The smallest absolute Gasteiger partial charge is 0.234 e. The Hall–Kier alpha value is -1.23. The van der Waals surface area contributed by atoms with Crippen LogP contribution in [0.5, 0.6) is 0 Å². The fraction of sp³-hybridized carbons (Fsp3) is 0.222. The lowest BCUT2D eigenvalue weighted by Gasteiger charge is -1.97. The number of aromatic nitrogens is 3. The van der Waals surface area contributed by atoms with E-state index in [1.165, 1.54) is 0 Å². The van der Waals surface area contributed by atoms with E-state index in [1.807, 2.05) is 6.92 Å². The Morgan fingerprint density at radius 3 is 3.14 bits per heavy atom. The van der Waals surface area contributed by atoms with Crippen molar-refractivity contribution in [3.05, 3.63) is 29.8 Å². The highest BCUT2D eigenvalue weighted by Crippen LogP contribution is 2.11. The number of hydrogen-bond acceptors (Lipinski definition) is 3. The maximum atomic E-state index is 11.6. The maximum absolute atomic E-state index is 11.6. The fourth-order valence-electron chi connectivity index (χ4n) is 1.40. The Bertz CT molecular complexity index is 492.